The second kappa shape index (κ2) is 7.94. The molecule has 1 saturated heterocycles. The molecule has 7 nitrogen and oxygen atoms in total. The van der Waals surface area contributed by atoms with Crippen molar-refractivity contribution < 1.29 is 9.59 Å². The number of amides is 2. The van der Waals surface area contributed by atoms with Crippen molar-refractivity contribution in [2.45, 2.75) is 26.1 Å². The molecule has 2 heterocycles. The van der Waals surface area contributed by atoms with Gasteiger partial charge in [0.2, 0.25) is 11.8 Å². The molecule has 8 heteroatoms. The summed E-state index contributed by atoms with van der Waals surface area (Å²) in [6.45, 7) is 6.54. The van der Waals surface area contributed by atoms with Crippen LogP contribution in [-0.2, 0) is 16.1 Å². The smallest absolute Gasteiger partial charge is 0.242 e. The van der Waals surface area contributed by atoms with Crippen LogP contribution in [0.4, 0.5) is 0 Å². The number of carbonyl (C=O) groups is 2. The average molecular weight is 373 g/mol. The summed E-state index contributed by atoms with van der Waals surface area (Å²) in [5, 5.41) is 0. The molecule has 0 saturated carbocycles. The number of nitrogens with one attached hydrogen (secondary N) is 2. The normalized spacial score (nSPS) is 17.8. The fraction of sp³-hybridized carbons (Fsp3) is 0.389. The highest BCUT2D eigenvalue weighted by atomic mass is 32.1. The molecule has 1 aliphatic rings. The topological polar surface area (TPSA) is 77.6 Å². The summed E-state index contributed by atoms with van der Waals surface area (Å²) in [6, 6.07) is 6.00. The minimum Gasteiger partial charge on any atom is -0.333 e. The molecule has 1 atom stereocenters. The number of carbonyl (C=O) groups excluding carboxylic acids is 2. The molecular weight excluding hydrogens is 350 g/mol. The number of thiazole rings is 1. The third-order valence-corrected chi connectivity index (χ3v) is 5.11. The number of para-hydroxylation sites is 1. The maximum absolute atomic E-state index is 12.7. The molecule has 0 radical (unpaired) electrons. The van der Waals surface area contributed by atoms with Crippen LogP contribution in [0.3, 0.4) is 0 Å². The van der Waals surface area contributed by atoms with Crippen molar-refractivity contribution in [3.05, 3.63) is 41.4 Å². The fourth-order valence-electron chi connectivity index (χ4n) is 3.11. The minimum absolute atomic E-state index is 0.0541. The maximum Gasteiger partial charge on any atom is 0.242 e. The number of hydrogen-bond donors (Lipinski definition) is 2. The number of hydrazine groups is 1. The Labute approximate surface area is 156 Å². The van der Waals surface area contributed by atoms with E-state index in [4.69, 9.17) is 0 Å². The van der Waals surface area contributed by atoms with E-state index >= 15 is 0 Å². The SMILES string of the molecule is C=C(C)CC(=O)N1CC(=O)N(Cc2cccc3scnc23)CC1NNC. The molecule has 2 aromatic rings. The zero-order valence-corrected chi connectivity index (χ0v) is 15.8. The van der Waals surface area contributed by atoms with Crippen LogP contribution in [0.2, 0.25) is 0 Å². The Kier molecular flexibility index (Phi) is 5.65. The third-order valence-electron chi connectivity index (χ3n) is 4.32. The van der Waals surface area contributed by atoms with Gasteiger partial charge in [0.05, 0.1) is 22.3 Å². The molecule has 26 heavy (non-hydrogen) atoms. The highest BCUT2D eigenvalue weighted by molar-refractivity contribution is 7.16. The molecular formula is C18H23N5O2S. The Morgan fingerprint density at radius 2 is 2.27 bits per heavy atom. The lowest BCUT2D eigenvalue weighted by Gasteiger charge is -2.41. The highest BCUT2D eigenvalue weighted by Gasteiger charge is 2.34. The maximum atomic E-state index is 12.7. The Morgan fingerprint density at radius 3 is 3.00 bits per heavy atom. The molecule has 0 spiro atoms. The Morgan fingerprint density at radius 1 is 1.46 bits per heavy atom. The third kappa shape index (κ3) is 3.92. The van der Waals surface area contributed by atoms with Crippen molar-refractivity contribution in [1.82, 2.24) is 25.6 Å². The van der Waals surface area contributed by atoms with Gasteiger partial charge in [0, 0.05) is 13.0 Å². The van der Waals surface area contributed by atoms with Gasteiger partial charge in [-0.05, 0) is 25.6 Å². The van der Waals surface area contributed by atoms with Crippen LogP contribution in [-0.4, -0.2) is 52.9 Å². The first-order valence-electron chi connectivity index (χ1n) is 8.44. The number of aromatic nitrogens is 1. The standard InChI is InChI=1S/C18H23N5O2S/c1-12(2)7-16(24)23-10-17(25)22(9-15(23)21-19-3)8-13-5-4-6-14-18(13)20-11-26-14/h4-6,11,15,19,21H,1,7-10H2,2-3H3. The molecule has 138 valence electrons. The van der Waals surface area contributed by atoms with Crippen LogP contribution < -0.4 is 10.9 Å². The van der Waals surface area contributed by atoms with Gasteiger partial charge < -0.3 is 9.80 Å². The molecule has 3 rings (SSSR count). The van der Waals surface area contributed by atoms with Gasteiger partial charge in [0.1, 0.15) is 12.7 Å². The van der Waals surface area contributed by atoms with Gasteiger partial charge in [-0.2, -0.15) is 0 Å². The van der Waals surface area contributed by atoms with Crippen LogP contribution in [0.15, 0.2) is 35.9 Å². The van der Waals surface area contributed by atoms with Gasteiger partial charge >= 0.3 is 0 Å². The Bertz CT molecular complexity index is 834. The van der Waals surface area contributed by atoms with Crippen molar-refractivity contribution in [2.24, 2.45) is 0 Å². The number of piperazine rings is 1. The summed E-state index contributed by atoms with van der Waals surface area (Å²) in [5.41, 5.74) is 10.5. The van der Waals surface area contributed by atoms with Crippen molar-refractivity contribution in [3.8, 4) is 0 Å². The minimum atomic E-state index is -0.292. The van der Waals surface area contributed by atoms with Gasteiger partial charge in [-0.1, -0.05) is 24.3 Å². The molecule has 1 aromatic carbocycles. The van der Waals surface area contributed by atoms with E-state index < -0.39 is 0 Å². The monoisotopic (exact) mass is 373 g/mol. The molecule has 1 unspecified atom stereocenters. The summed E-state index contributed by atoms with van der Waals surface area (Å²) in [4.78, 5) is 32.9. The summed E-state index contributed by atoms with van der Waals surface area (Å²) in [6.07, 6.45) is -0.0491. The second-order valence-corrected chi connectivity index (χ2v) is 7.34. The first kappa shape index (κ1) is 18.5. The Hall–Kier alpha value is -2.29. The number of fused-ring (bicyclic) bond motifs is 1. The lowest BCUT2D eigenvalue weighted by Crippen LogP contribution is -2.64. The lowest BCUT2D eigenvalue weighted by atomic mass is 10.1. The van der Waals surface area contributed by atoms with E-state index in [1.54, 1.807) is 28.2 Å². The predicted molar refractivity (Wildman–Crippen MR) is 102 cm³/mol. The van der Waals surface area contributed by atoms with Crippen LogP contribution in [0, 0.1) is 0 Å². The predicted octanol–water partition coefficient (Wildman–Crippen LogP) is 1.48. The van der Waals surface area contributed by atoms with E-state index in [1.807, 2.05) is 30.6 Å². The molecule has 1 fully saturated rings. The van der Waals surface area contributed by atoms with Crippen molar-refractivity contribution in [1.29, 1.82) is 0 Å². The van der Waals surface area contributed by atoms with Gasteiger partial charge in [-0.25, -0.2) is 10.4 Å². The van der Waals surface area contributed by atoms with Crippen molar-refractivity contribution >= 4 is 33.4 Å². The van der Waals surface area contributed by atoms with E-state index in [0.717, 1.165) is 21.4 Å². The molecule has 0 bridgehead atoms. The quantitative estimate of drug-likeness (QED) is 0.592. The van der Waals surface area contributed by atoms with Gasteiger partial charge in [0.25, 0.3) is 0 Å². The van der Waals surface area contributed by atoms with E-state index in [1.165, 1.54) is 0 Å². The molecule has 2 N–H and O–H groups in total. The Balaban J connectivity index is 1.78. The lowest BCUT2D eigenvalue weighted by molar-refractivity contribution is -0.150. The van der Waals surface area contributed by atoms with Crippen LogP contribution in [0.5, 0.6) is 0 Å². The van der Waals surface area contributed by atoms with Gasteiger partial charge in [-0.15, -0.1) is 11.3 Å². The first-order chi connectivity index (χ1) is 12.5. The van der Waals surface area contributed by atoms with Crippen molar-refractivity contribution in [2.75, 3.05) is 20.1 Å². The van der Waals surface area contributed by atoms with Crippen LogP contribution in [0.25, 0.3) is 10.2 Å². The van der Waals surface area contributed by atoms with Gasteiger partial charge in [-0.3, -0.25) is 15.0 Å². The molecule has 2 amide bonds. The summed E-state index contributed by atoms with van der Waals surface area (Å²) in [5.74, 6) is -0.165. The van der Waals surface area contributed by atoms with E-state index in [0.29, 0.717) is 13.1 Å². The number of rotatable bonds is 6. The zero-order chi connectivity index (χ0) is 18.7. The fourth-order valence-corrected chi connectivity index (χ4v) is 3.83. The van der Waals surface area contributed by atoms with Crippen LogP contribution >= 0.6 is 11.3 Å². The van der Waals surface area contributed by atoms with E-state index in [9.17, 15) is 9.59 Å². The average Bonchev–Trinajstić information content (AvgIpc) is 3.06. The zero-order valence-electron chi connectivity index (χ0n) is 15.0. The van der Waals surface area contributed by atoms with Crippen LogP contribution in [0.1, 0.15) is 18.9 Å². The van der Waals surface area contributed by atoms with E-state index in [2.05, 4.69) is 22.4 Å². The second-order valence-electron chi connectivity index (χ2n) is 6.46. The summed E-state index contributed by atoms with van der Waals surface area (Å²) in [7, 11) is 1.75. The van der Waals surface area contributed by atoms with Gasteiger partial charge in [0.15, 0.2) is 0 Å². The first-order valence-corrected chi connectivity index (χ1v) is 9.32. The molecule has 1 aliphatic heterocycles. The number of benzene rings is 1. The number of nitrogens with zero attached hydrogens (tertiary/aromatic N) is 3. The number of hydrogen-bond acceptors (Lipinski definition) is 6. The molecule has 1 aromatic heterocycles. The largest absolute Gasteiger partial charge is 0.333 e. The highest BCUT2D eigenvalue weighted by Crippen LogP contribution is 2.23. The molecule has 0 aliphatic carbocycles. The summed E-state index contributed by atoms with van der Waals surface area (Å²) < 4.78 is 1.11. The van der Waals surface area contributed by atoms with Crippen molar-refractivity contribution in [3.63, 3.8) is 0 Å². The van der Waals surface area contributed by atoms with E-state index in [-0.39, 0.29) is 30.9 Å². The summed E-state index contributed by atoms with van der Waals surface area (Å²) >= 11 is 1.58.